The van der Waals surface area contributed by atoms with Crippen LogP contribution in [0.15, 0.2) is 11.6 Å². The van der Waals surface area contributed by atoms with Gasteiger partial charge < -0.3 is 14.3 Å². The van der Waals surface area contributed by atoms with Gasteiger partial charge in [-0.2, -0.15) is 4.74 Å². The van der Waals surface area contributed by atoms with Gasteiger partial charge in [0.2, 0.25) is 0 Å². The molecule has 1 heterocycles. The van der Waals surface area contributed by atoms with E-state index >= 15 is 0 Å². The lowest BCUT2D eigenvalue weighted by Gasteiger charge is -2.58. The minimum absolute atomic E-state index is 0.138. The summed E-state index contributed by atoms with van der Waals surface area (Å²) in [4.78, 5) is 0. The molecule has 4 aliphatic carbocycles. The van der Waals surface area contributed by atoms with Gasteiger partial charge in [0.05, 0.1) is 12.7 Å². The van der Waals surface area contributed by atoms with Crippen LogP contribution in [0.25, 0.3) is 0 Å². The molecule has 0 spiro atoms. The third kappa shape index (κ3) is 5.32. The lowest BCUT2D eigenvalue weighted by Crippen LogP contribution is -2.50. The Bertz CT molecular complexity index is 1010. The van der Waals surface area contributed by atoms with Crippen LogP contribution in [-0.4, -0.2) is 28.9 Å². The van der Waals surface area contributed by atoms with E-state index in [9.17, 15) is 9.77 Å². The summed E-state index contributed by atoms with van der Waals surface area (Å²) in [7, 11) is -3.60. The average molecular weight is 576 g/mol. The van der Waals surface area contributed by atoms with Gasteiger partial charge in [0.25, 0.3) is 5.28 Å². The number of hydrogen-bond acceptors (Lipinski definition) is 4. The van der Waals surface area contributed by atoms with Crippen molar-refractivity contribution in [3.8, 4) is 0 Å². The van der Waals surface area contributed by atoms with Crippen molar-refractivity contribution >= 4 is 13.8 Å². The summed E-state index contributed by atoms with van der Waals surface area (Å²) in [5.41, 5.74) is 2.29. The van der Waals surface area contributed by atoms with E-state index in [4.69, 9.17) is 9.05 Å². The molecule has 228 valence electrons. The highest BCUT2D eigenvalue weighted by molar-refractivity contribution is 7.55. The van der Waals surface area contributed by atoms with Gasteiger partial charge in [-0.05, 0) is 99.2 Å². The Kier molecular flexibility index (Phi) is 9.36. The van der Waals surface area contributed by atoms with Gasteiger partial charge in [-0.25, -0.2) is 0 Å². The van der Waals surface area contributed by atoms with Crippen molar-refractivity contribution in [1.29, 1.82) is 0 Å². The number of fused-ring (bicyclic) bond motifs is 5. The zero-order valence-corrected chi connectivity index (χ0v) is 27.2. The van der Waals surface area contributed by atoms with E-state index in [0.29, 0.717) is 18.3 Å². The van der Waals surface area contributed by atoms with E-state index < -0.39 is 12.9 Å². The fourth-order valence-corrected chi connectivity index (χ4v) is 12.3. The molecule has 9 atom stereocenters. The summed E-state index contributed by atoms with van der Waals surface area (Å²) >= 11 is 0. The highest BCUT2D eigenvalue weighted by atomic mass is 31.2. The summed E-state index contributed by atoms with van der Waals surface area (Å²) in [6, 6.07) is 0. The number of nitrogens with zero attached hydrogens (tertiary/aromatic N) is 1. The minimum Gasteiger partial charge on any atom is -0.623 e. The molecular weight excluding hydrogens is 517 g/mol. The van der Waals surface area contributed by atoms with Crippen molar-refractivity contribution in [1.82, 2.24) is 0 Å². The quantitative estimate of drug-likeness (QED) is 0.0764. The second kappa shape index (κ2) is 12.2. The summed E-state index contributed by atoms with van der Waals surface area (Å²) in [5, 5.41) is 11.6. The Balaban J connectivity index is 1.24. The summed E-state index contributed by atoms with van der Waals surface area (Å²) in [6.07, 6.45) is 24.7. The molecule has 0 aromatic rings. The van der Waals surface area contributed by atoms with Crippen molar-refractivity contribution < 1.29 is 18.4 Å². The second-order valence-electron chi connectivity index (χ2n) is 14.8. The van der Waals surface area contributed by atoms with Gasteiger partial charge in [-0.3, -0.25) is 4.57 Å². The SMILES string of the molecule is CCCCCCCC[C@H]1CC[C@H]2[C@@H]3CC=C4C[C@@H](OP(=O)(OCC)C5(C)CCC=[N+]5[O-])CC[C@]4(C)[C@H]3CC[C@]12C. The van der Waals surface area contributed by atoms with Crippen molar-refractivity contribution in [3.63, 3.8) is 0 Å². The maximum absolute atomic E-state index is 14.1. The molecule has 3 saturated carbocycles. The van der Waals surface area contributed by atoms with Crippen LogP contribution < -0.4 is 0 Å². The van der Waals surface area contributed by atoms with Crippen LogP contribution in [0.3, 0.4) is 0 Å². The van der Waals surface area contributed by atoms with E-state index in [2.05, 4.69) is 26.8 Å². The van der Waals surface area contributed by atoms with Crippen LogP contribution in [-0.2, 0) is 13.6 Å². The van der Waals surface area contributed by atoms with Crippen LogP contribution in [0.2, 0.25) is 0 Å². The van der Waals surface area contributed by atoms with Crippen LogP contribution in [0.5, 0.6) is 0 Å². The predicted molar refractivity (Wildman–Crippen MR) is 165 cm³/mol. The van der Waals surface area contributed by atoms with Gasteiger partial charge in [-0.15, -0.1) is 0 Å². The normalized spacial score (nSPS) is 42.4. The number of unbranched alkanes of at least 4 members (excludes halogenated alkanes) is 5. The van der Waals surface area contributed by atoms with Gasteiger partial charge in [0, 0.05) is 19.8 Å². The van der Waals surface area contributed by atoms with Crippen LogP contribution in [0, 0.1) is 39.7 Å². The first-order chi connectivity index (χ1) is 19.1. The third-order valence-electron chi connectivity index (χ3n) is 12.7. The molecule has 0 N–H and O–H groups in total. The fourth-order valence-electron chi connectivity index (χ4n) is 10.1. The van der Waals surface area contributed by atoms with E-state index in [0.717, 1.165) is 47.7 Å². The number of rotatable bonds is 12. The van der Waals surface area contributed by atoms with E-state index in [1.54, 1.807) is 13.1 Å². The molecule has 5 nitrogen and oxygen atoms in total. The monoisotopic (exact) mass is 575 g/mol. The topological polar surface area (TPSA) is 61.6 Å². The molecule has 0 bridgehead atoms. The summed E-state index contributed by atoms with van der Waals surface area (Å²) < 4.78 is 27.2. The van der Waals surface area contributed by atoms with Crippen LogP contribution in [0.1, 0.15) is 144 Å². The van der Waals surface area contributed by atoms with Crippen molar-refractivity contribution in [2.45, 2.75) is 155 Å². The Labute approximate surface area is 245 Å². The molecule has 6 heteroatoms. The molecule has 0 aromatic carbocycles. The highest BCUT2D eigenvalue weighted by Crippen LogP contribution is 2.69. The standard InChI is InChI=1S/C34H58NO4P/c1-6-8-9-10-11-12-14-26-16-18-30-29-17-15-27-25-28(19-22-33(27,4)31(29)20-23-32(26,30)3)39-40(37,38-7-2)34(5)21-13-24-35(34)36/h15,24,26,28-31H,6-14,16-23,25H2,1-5H3/t26-,28-,29-,30-,31-,32+,33-,34?,40?/m0/s1. The first kappa shape index (κ1) is 30.8. The fraction of sp³-hybridized carbons (Fsp3) is 0.912. The Morgan fingerprint density at radius 2 is 1.75 bits per heavy atom. The van der Waals surface area contributed by atoms with Gasteiger partial charge in [0.15, 0.2) is 6.21 Å². The lowest BCUT2D eigenvalue weighted by atomic mass is 9.47. The smallest absolute Gasteiger partial charge is 0.402 e. The first-order valence-electron chi connectivity index (χ1n) is 17.0. The maximum Gasteiger partial charge on any atom is 0.402 e. The first-order valence-corrected chi connectivity index (χ1v) is 18.6. The second-order valence-corrected chi connectivity index (χ2v) is 17.2. The maximum atomic E-state index is 14.1. The zero-order valence-electron chi connectivity index (χ0n) is 26.3. The molecule has 0 aromatic heterocycles. The molecule has 0 radical (unpaired) electrons. The third-order valence-corrected chi connectivity index (χ3v) is 15.5. The Morgan fingerprint density at radius 3 is 2.48 bits per heavy atom. The van der Waals surface area contributed by atoms with Gasteiger partial charge in [0.1, 0.15) is 0 Å². The molecular formula is C34H58NO4P. The Morgan fingerprint density at radius 1 is 0.975 bits per heavy atom. The molecule has 1 aliphatic heterocycles. The minimum atomic E-state index is -3.60. The molecule has 0 amide bonds. The lowest BCUT2D eigenvalue weighted by molar-refractivity contribution is -0.507. The highest BCUT2D eigenvalue weighted by Gasteiger charge is 2.60. The largest absolute Gasteiger partial charge is 0.623 e. The predicted octanol–water partition coefficient (Wildman–Crippen LogP) is 10.0. The van der Waals surface area contributed by atoms with Crippen molar-refractivity contribution in [2.24, 2.45) is 34.5 Å². The number of hydrogen-bond donors (Lipinski definition) is 0. The Hall–Kier alpha value is -0.640. The molecule has 5 aliphatic rings. The molecule has 5 rings (SSSR count). The average Bonchev–Trinajstić information content (AvgIpc) is 3.45. The molecule has 40 heavy (non-hydrogen) atoms. The van der Waals surface area contributed by atoms with Crippen LogP contribution in [0.4, 0.5) is 0 Å². The van der Waals surface area contributed by atoms with Gasteiger partial charge >= 0.3 is 7.60 Å². The molecule has 3 fully saturated rings. The van der Waals surface area contributed by atoms with E-state index in [-0.39, 0.29) is 18.1 Å². The number of allylic oxidation sites excluding steroid dienone is 1. The van der Waals surface area contributed by atoms with Crippen molar-refractivity contribution in [3.05, 3.63) is 16.9 Å². The van der Waals surface area contributed by atoms with Gasteiger partial charge in [-0.1, -0.05) is 70.9 Å². The van der Waals surface area contributed by atoms with Crippen LogP contribution >= 0.6 is 7.60 Å². The molecule has 2 unspecified atom stereocenters. The summed E-state index contributed by atoms with van der Waals surface area (Å²) in [6.45, 7) is 11.4. The summed E-state index contributed by atoms with van der Waals surface area (Å²) in [5.74, 6) is 3.38. The van der Waals surface area contributed by atoms with Crippen molar-refractivity contribution in [2.75, 3.05) is 6.61 Å². The number of hydroxylamine groups is 1. The van der Waals surface area contributed by atoms with E-state index in [1.807, 2.05) is 6.92 Å². The zero-order chi connectivity index (χ0) is 28.6. The van der Waals surface area contributed by atoms with E-state index in [1.165, 1.54) is 82.6 Å². The molecule has 0 saturated heterocycles.